The molecule has 2 aliphatic heterocycles. The fourth-order valence-corrected chi connectivity index (χ4v) is 3.11. The maximum absolute atomic E-state index is 10.3. The molecule has 2 atom stereocenters. The van der Waals surface area contributed by atoms with Crippen molar-refractivity contribution in [3.63, 3.8) is 0 Å². The van der Waals surface area contributed by atoms with Crippen molar-refractivity contribution in [1.29, 1.82) is 0 Å². The molecule has 5 heteroatoms. The molecule has 2 fully saturated rings. The largest absolute Gasteiger partial charge is 0.317 e. The molecule has 18 heavy (non-hydrogen) atoms. The van der Waals surface area contributed by atoms with Crippen LogP contribution < -0.4 is 5.32 Å². The van der Waals surface area contributed by atoms with Crippen molar-refractivity contribution in [3.05, 3.63) is 40.8 Å². The Morgan fingerprint density at radius 2 is 2.06 bits per heavy atom. The van der Waals surface area contributed by atoms with Crippen molar-refractivity contribution < 1.29 is 4.94 Å². The molecule has 2 heterocycles. The Balaban J connectivity index is 1.72. The molecule has 1 N–H and O–H groups in total. The quantitative estimate of drug-likeness (QED) is 0.499. The maximum atomic E-state index is 10.3. The van der Waals surface area contributed by atoms with E-state index in [0.29, 0.717) is 0 Å². The molecule has 2 aliphatic rings. The number of nitrogens with zero attached hydrogens (tertiary/aromatic N) is 2. The average Bonchev–Trinajstić information content (AvgIpc) is 2.98. The summed E-state index contributed by atoms with van der Waals surface area (Å²) in [5, 5.41) is 7.72. The van der Waals surface area contributed by atoms with E-state index in [-0.39, 0.29) is 11.6 Å². The van der Waals surface area contributed by atoms with E-state index in [0.717, 1.165) is 32.4 Å². The van der Waals surface area contributed by atoms with Gasteiger partial charge in [-0.3, -0.25) is 4.94 Å². The van der Waals surface area contributed by atoms with Crippen LogP contribution in [-0.2, 0) is 11.4 Å². The van der Waals surface area contributed by atoms with Crippen LogP contribution in [0.25, 0.3) is 0 Å². The molecule has 3 rings (SSSR count). The summed E-state index contributed by atoms with van der Waals surface area (Å²) < 4.78 is 0. The summed E-state index contributed by atoms with van der Waals surface area (Å²) in [4.78, 5) is 15.3. The van der Waals surface area contributed by atoms with Crippen LogP contribution in [-0.4, -0.2) is 29.7 Å². The van der Waals surface area contributed by atoms with Crippen LogP contribution in [0, 0.1) is 4.91 Å². The van der Waals surface area contributed by atoms with Gasteiger partial charge in [-0.15, -0.1) is 9.97 Å². The summed E-state index contributed by atoms with van der Waals surface area (Å²) in [5.74, 6) is 0. The summed E-state index contributed by atoms with van der Waals surface area (Å²) in [6, 6.07) is 10.6. The van der Waals surface area contributed by atoms with Gasteiger partial charge in [-0.05, 0) is 37.9 Å². The van der Waals surface area contributed by atoms with Crippen LogP contribution in [0.2, 0.25) is 0 Å². The molecule has 0 radical (unpaired) electrons. The van der Waals surface area contributed by atoms with Gasteiger partial charge in [-0.2, -0.15) is 0 Å². The summed E-state index contributed by atoms with van der Waals surface area (Å²) in [6.45, 7) is 1.95. The first-order valence-electron chi connectivity index (χ1n) is 6.40. The standard InChI is InChI=1S/C13H17N3O2/c17-15-18-16-12(10-11-4-2-1-3-5-11)13(16)6-8-14-9-7-13/h1-5,12,14H,6-10H2. The third-order valence-electron chi connectivity index (χ3n) is 4.14. The van der Waals surface area contributed by atoms with E-state index in [4.69, 9.17) is 4.94 Å². The zero-order valence-electron chi connectivity index (χ0n) is 10.2. The summed E-state index contributed by atoms with van der Waals surface area (Å²) in [6.07, 6.45) is 2.94. The van der Waals surface area contributed by atoms with E-state index < -0.39 is 0 Å². The van der Waals surface area contributed by atoms with Gasteiger partial charge in [0.2, 0.25) is 0 Å². The SMILES string of the molecule is O=NON1C(Cc2ccccc2)C12CCNCC2. The number of hydrogen-bond donors (Lipinski definition) is 1. The van der Waals surface area contributed by atoms with Gasteiger partial charge in [0.25, 0.3) is 0 Å². The molecule has 2 unspecified atom stereocenters. The number of rotatable bonds is 4. The van der Waals surface area contributed by atoms with Gasteiger partial charge in [0, 0.05) is 0 Å². The highest BCUT2D eigenvalue weighted by molar-refractivity contribution is 5.23. The molecule has 0 amide bonds. The summed E-state index contributed by atoms with van der Waals surface area (Å²) in [5.41, 5.74) is 1.30. The van der Waals surface area contributed by atoms with Crippen molar-refractivity contribution in [2.24, 2.45) is 5.34 Å². The molecule has 0 aliphatic carbocycles. The Morgan fingerprint density at radius 3 is 2.72 bits per heavy atom. The molecular weight excluding hydrogens is 230 g/mol. The fourth-order valence-electron chi connectivity index (χ4n) is 3.11. The first-order valence-corrected chi connectivity index (χ1v) is 6.40. The molecule has 1 aromatic carbocycles. The molecule has 0 bridgehead atoms. The minimum atomic E-state index is 0.0228. The minimum Gasteiger partial charge on any atom is -0.317 e. The van der Waals surface area contributed by atoms with Crippen molar-refractivity contribution in [3.8, 4) is 0 Å². The highest BCUT2D eigenvalue weighted by Gasteiger charge is 2.65. The van der Waals surface area contributed by atoms with E-state index in [9.17, 15) is 4.91 Å². The normalized spacial score (nSPS) is 28.9. The molecular formula is C13H17N3O2. The van der Waals surface area contributed by atoms with Crippen LogP contribution in [0.3, 0.4) is 0 Å². The Hall–Kier alpha value is -1.46. The van der Waals surface area contributed by atoms with E-state index in [1.54, 1.807) is 5.06 Å². The number of hydrogen-bond acceptors (Lipinski definition) is 5. The second kappa shape index (κ2) is 4.66. The Labute approximate surface area is 106 Å². The van der Waals surface area contributed by atoms with E-state index >= 15 is 0 Å². The fraction of sp³-hybridized carbons (Fsp3) is 0.538. The van der Waals surface area contributed by atoms with Crippen LogP contribution in [0.5, 0.6) is 0 Å². The average molecular weight is 247 g/mol. The minimum absolute atomic E-state index is 0.0228. The second-order valence-electron chi connectivity index (χ2n) is 5.04. The number of benzene rings is 1. The zero-order chi connectivity index (χ0) is 12.4. The molecule has 0 aromatic heterocycles. The van der Waals surface area contributed by atoms with Gasteiger partial charge in [0.15, 0.2) is 5.34 Å². The van der Waals surface area contributed by atoms with Crippen LogP contribution in [0.15, 0.2) is 35.7 Å². The lowest BCUT2D eigenvalue weighted by molar-refractivity contribution is -0.105. The van der Waals surface area contributed by atoms with Gasteiger partial charge in [-0.25, -0.2) is 0 Å². The van der Waals surface area contributed by atoms with Gasteiger partial charge in [0.1, 0.15) is 0 Å². The first kappa shape index (κ1) is 11.6. The molecule has 5 nitrogen and oxygen atoms in total. The Bertz CT molecular complexity index is 418. The van der Waals surface area contributed by atoms with Gasteiger partial charge < -0.3 is 5.32 Å². The number of nitrogens with one attached hydrogen (secondary N) is 1. The van der Waals surface area contributed by atoms with E-state index in [1.807, 2.05) is 18.2 Å². The zero-order valence-corrected chi connectivity index (χ0v) is 10.2. The second-order valence-corrected chi connectivity index (χ2v) is 5.04. The lowest BCUT2D eigenvalue weighted by atomic mass is 9.91. The third kappa shape index (κ3) is 1.89. The monoisotopic (exact) mass is 247 g/mol. The van der Waals surface area contributed by atoms with Crippen molar-refractivity contribution in [1.82, 2.24) is 10.4 Å². The smallest absolute Gasteiger partial charge is 0.176 e. The highest BCUT2D eigenvalue weighted by atomic mass is 16.9. The lowest BCUT2D eigenvalue weighted by Gasteiger charge is -2.21. The third-order valence-corrected chi connectivity index (χ3v) is 4.14. The summed E-state index contributed by atoms with van der Waals surface area (Å²) >= 11 is 0. The Kier molecular flexibility index (Phi) is 3.01. The molecule has 1 aromatic rings. The van der Waals surface area contributed by atoms with Crippen molar-refractivity contribution in [2.75, 3.05) is 13.1 Å². The topological polar surface area (TPSA) is 53.7 Å². The first-order chi connectivity index (χ1) is 8.87. The molecule has 2 saturated heterocycles. The van der Waals surface area contributed by atoms with Crippen molar-refractivity contribution in [2.45, 2.75) is 30.8 Å². The lowest BCUT2D eigenvalue weighted by Crippen LogP contribution is -2.36. The predicted octanol–water partition coefficient (Wildman–Crippen LogP) is 1.65. The van der Waals surface area contributed by atoms with E-state index in [2.05, 4.69) is 22.8 Å². The highest BCUT2D eigenvalue weighted by Crippen LogP contribution is 2.49. The number of piperidine rings is 1. The van der Waals surface area contributed by atoms with Crippen LogP contribution >= 0.6 is 0 Å². The predicted molar refractivity (Wildman–Crippen MR) is 67.5 cm³/mol. The van der Waals surface area contributed by atoms with Crippen molar-refractivity contribution >= 4 is 0 Å². The van der Waals surface area contributed by atoms with Crippen LogP contribution in [0.4, 0.5) is 0 Å². The van der Waals surface area contributed by atoms with Gasteiger partial charge >= 0.3 is 0 Å². The number of hydroxylamine groups is 2. The summed E-state index contributed by atoms with van der Waals surface area (Å²) in [7, 11) is 0. The molecule has 1 spiro atoms. The molecule has 96 valence electrons. The molecule has 0 saturated carbocycles. The maximum Gasteiger partial charge on any atom is 0.176 e. The van der Waals surface area contributed by atoms with Gasteiger partial charge in [-0.1, -0.05) is 30.3 Å². The van der Waals surface area contributed by atoms with Crippen LogP contribution in [0.1, 0.15) is 18.4 Å². The van der Waals surface area contributed by atoms with E-state index in [1.165, 1.54) is 5.56 Å². The van der Waals surface area contributed by atoms with Gasteiger partial charge in [0.05, 0.1) is 11.6 Å². The Morgan fingerprint density at radius 1 is 1.33 bits per heavy atom.